The van der Waals surface area contributed by atoms with E-state index in [-0.39, 0.29) is 34.0 Å². The van der Waals surface area contributed by atoms with Gasteiger partial charge in [0.1, 0.15) is 22.8 Å². The van der Waals surface area contributed by atoms with E-state index in [0.717, 1.165) is 23.9 Å². The number of nitrogen functional groups attached to an aromatic ring is 1. The Hall–Kier alpha value is -4.89. The Kier molecular flexibility index (Phi) is 7.79. The fourth-order valence-corrected chi connectivity index (χ4v) is 3.17. The number of amides is 1. The first kappa shape index (κ1) is 26.7. The quantitative estimate of drug-likeness (QED) is 0.123. The molecule has 192 valence electrons. The van der Waals surface area contributed by atoms with E-state index in [1.807, 2.05) is 0 Å². The summed E-state index contributed by atoms with van der Waals surface area (Å²) in [7, 11) is 1.13. The second kappa shape index (κ2) is 10.8. The molecule has 16 heteroatoms. The second-order valence-corrected chi connectivity index (χ2v) is 7.45. The number of carbonyl (C=O) groups is 3. The van der Waals surface area contributed by atoms with Crippen LogP contribution in [0.15, 0.2) is 40.1 Å². The summed E-state index contributed by atoms with van der Waals surface area (Å²) >= 11 is 5.35. The maximum atomic E-state index is 13.5. The number of fused-ring (bicyclic) bond motifs is 1. The van der Waals surface area contributed by atoms with Crippen LogP contribution >= 0.6 is 11.8 Å². The van der Waals surface area contributed by atoms with Crippen LogP contribution in [-0.2, 0) is 11.3 Å². The molecule has 0 unspecified atom stereocenters. The fraction of sp³-hybridized carbons (Fsp3) is 0.0952. The third-order valence-corrected chi connectivity index (χ3v) is 4.99. The highest BCUT2D eigenvalue weighted by Crippen LogP contribution is 2.22. The van der Waals surface area contributed by atoms with E-state index in [9.17, 15) is 28.4 Å². The average Bonchev–Trinajstić information content (AvgIpc) is 3.32. The van der Waals surface area contributed by atoms with Crippen LogP contribution in [0, 0.1) is 5.82 Å². The molecule has 2 heterocycles. The molecule has 37 heavy (non-hydrogen) atoms. The highest BCUT2D eigenvalue weighted by molar-refractivity contribution is 6.13. The number of aromatic nitrogens is 3. The number of halogens is 2. The van der Waals surface area contributed by atoms with Gasteiger partial charge in [0.15, 0.2) is 17.0 Å². The Labute approximate surface area is 210 Å². The molecule has 0 spiro atoms. The molecular formula is C21H17ClFN7O7. The summed E-state index contributed by atoms with van der Waals surface area (Å²) in [5.41, 5.74) is 8.69. The number of rotatable bonds is 7. The zero-order valence-corrected chi connectivity index (χ0v) is 19.5. The van der Waals surface area contributed by atoms with E-state index in [4.69, 9.17) is 28.4 Å². The number of carboxylic acids is 1. The number of hydrogen-bond donors (Lipinski definition) is 5. The number of primary amides is 1. The van der Waals surface area contributed by atoms with E-state index in [2.05, 4.69) is 25.0 Å². The van der Waals surface area contributed by atoms with Gasteiger partial charge in [-0.25, -0.2) is 28.3 Å². The standard InChI is InChI=1S/C11H9ClFN3O2.C10H8N4O5/c12-15-4-5-1-2-6(13)7(3-5)16-9-8(14)10(17)11(9)18;1-19-10(18)6-2-5(9(16)17)13-8-4(7(11)15)3-12-14(6)8/h1-3,15-16H,4,14H2;2-3H,1H3,(H2,11,15)(H,16,17). The maximum absolute atomic E-state index is 13.5. The number of hydrogen-bond acceptors (Lipinski definition) is 11. The van der Waals surface area contributed by atoms with Gasteiger partial charge in [-0.3, -0.25) is 14.4 Å². The zero-order chi connectivity index (χ0) is 27.4. The predicted octanol–water partition coefficient (Wildman–Crippen LogP) is 0.304. The molecule has 0 aliphatic heterocycles. The van der Waals surface area contributed by atoms with E-state index < -0.39 is 40.2 Å². The molecule has 0 aliphatic rings. The molecule has 0 saturated heterocycles. The van der Waals surface area contributed by atoms with E-state index in [1.54, 1.807) is 6.07 Å². The molecule has 0 radical (unpaired) electrons. The number of carboxylic acid groups (broad SMARTS) is 1. The molecule has 1 amide bonds. The average molecular weight is 534 g/mol. The van der Waals surface area contributed by atoms with Crippen molar-refractivity contribution < 1.29 is 28.6 Å². The number of nitrogens with zero attached hydrogens (tertiary/aromatic N) is 3. The van der Waals surface area contributed by atoms with Crippen LogP contribution in [0.2, 0.25) is 0 Å². The van der Waals surface area contributed by atoms with Gasteiger partial charge >= 0.3 is 11.9 Å². The van der Waals surface area contributed by atoms with Gasteiger partial charge in [-0.15, -0.1) is 0 Å². The van der Waals surface area contributed by atoms with Crippen molar-refractivity contribution in [2.75, 3.05) is 18.2 Å². The summed E-state index contributed by atoms with van der Waals surface area (Å²) in [6.07, 6.45) is 1.10. The lowest BCUT2D eigenvalue weighted by Crippen LogP contribution is -2.36. The van der Waals surface area contributed by atoms with Crippen LogP contribution in [0.25, 0.3) is 5.65 Å². The molecule has 14 nitrogen and oxygen atoms in total. The molecule has 0 bridgehead atoms. The SMILES string of the molecule is COC(=O)c1cc(C(=O)O)nc2c(C(N)=O)cnn12.Nc1c(Nc2cc(CNCl)ccc2F)c(=O)c1=O. The molecule has 0 fully saturated rings. The van der Waals surface area contributed by atoms with Crippen LogP contribution in [0.3, 0.4) is 0 Å². The van der Waals surface area contributed by atoms with Crippen LogP contribution in [0.1, 0.15) is 36.9 Å². The first-order valence-electron chi connectivity index (χ1n) is 9.98. The summed E-state index contributed by atoms with van der Waals surface area (Å²) in [6, 6.07) is 5.25. The largest absolute Gasteiger partial charge is 0.477 e. The summed E-state index contributed by atoms with van der Waals surface area (Å²) in [6.45, 7) is 0.331. The van der Waals surface area contributed by atoms with Crippen molar-refractivity contribution in [1.29, 1.82) is 0 Å². The Morgan fingerprint density at radius 3 is 2.49 bits per heavy atom. The summed E-state index contributed by atoms with van der Waals surface area (Å²) in [4.78, 5) is 61.9. The van der Waals surface area contributed by atoms with Crippen LogP contribution in [0.4, 0.5) is 21.5 Å². The lowest BCUT2D eigenvalue weighted by Gasteiger charge is -2.11. The van der Waals surface area contributed by atoms with Gasteiger partial charge in [0.25, 0.3) is 16.8 Å². The number of ether oxygens (including phenoxy) is 1. The minimum atomic E-state index is -1.36. The van der Waals surface area contributed by atoms with Gasteiger partial charge in [-0.2, -0.15) is 5.10 Å². The zero-order valence-electron chi connectivity index (χ0n) is 18.7. The minimum absolute atomic E-state index is 0.0678. The molecule has 4 rings (SSSR count). The molecule has 0 aliphatic carbocycles. The topological polar surface area (TPSA) is 221 Å². The van der Waals surface area contributed by atoms with Gasteiger partial charge in [-0.1, -0.05) is 6.07 Å². The predicted molar refractivity (Wildman–Crippen MR) is 128 cm³/mol. The lowest BCUT2D eigenvalue weighted by molar-refractivity contribution is 0.0590. The monoisotopic (exact) mass is 533 g/mol. The van der Waals surface area contributed by atoms with Crippen molar-refractivity contribution in [2.45, 2.75) is 6.54 Å². The molecule has 0 saturated carbocycles. The Bertz CT molecular complexity index is 1610. The number of nitrogens with two attached hydrogens (primary N) is 2. The molecule has 7 N–H and O–H groups in total. The van der Waals surface area contributed by atoms with Crippen LogP contribution in [-0.4, -0.2) is 44.7 Å². The minimum Gasteiger partial charge on any atom is -0.477 e. The number of benzene rings is 1. The van der Waals surface area contributed by atoms with Crippen molar-refractivity contribution in [2.24, 2.45) is 5.73 Å². The summed E-state index contributed by atoms with van der Waals surface area (Å²) < 4.78 is 19.0. The third-order valence-electron chi connectivity index (χ3n) is 4.86. The molecule has 2 aromatic carbocycles. The number of aromatic carboxylic acids is 1. The Morgan fingerprint density at radius 2 is 1.92 bits per heavy atom. The van der Waals surface area contributed by atoms with Gasteiger partial charge in [0, 0.05) is 12.6 Å². The van der Waals surface area contributed by atoms with Gasteiger partial charge in [-0.05, 0) is 29.5 Å². The number of methoxy groups -OCH3 is 1. The van der Waals surface area contributed by atoms with E-state index in [0.29, 0.717) is 12.1 Å². The molecule has 2 aromatic heterocycles. The van der Waals surface area contributed by atoms with Crippen LogP contribution < -0.4 is 32.5 Å². The molecule has 4 aromatic rings. The normalized spacial score (nSPS) is 10.6. The number of anilines is 3. The first-order chi connectivity index (χ1) is 17.5. The Balaban J connectivity index is 0.000000206. The summed E-state index contributed by atoms with van der Waals surface area (Å²) in [5.74, 6) is -3.56. The molecular weight excluding hydrogens is 517 g/mol. The van der Waals surface area contributed by atoms with E-state index in [1.165, 1.54) is 12.1 Å². The summed E-state index contributed by atoms with van der Waals surface area (Å²) in [5, 5.41) is 15.2. The second-order valence-electron chi connectivity index (χ2n) is 7.18. The van der Waals surface area contributed by atoms with Crippen LogP contribution in [0.5, 0.6) is 0 Å². The van der Waals surface area contributed by atoms with Gasteiger partial charge in [0.05, 0.1) is 19.0 Å². The van der Waals surface area contributed by atoms with Gasteiger partial charge in [0.2, 0.25) is 0 Å². The lowest BCUT2D eigenvalue weighted by atomic mass is 10.1. The van der Waals surface area contributed by atoms with E-state index >= 15 is 0 Å². The first-order valence-corrected chi connectivity index (χ1v) is 10.4. The number of esters is 1. The van der Waals surface area contributed by atoms with Crippen molar-refractivity contribution in [3.05, 3.63) is 79.2 Å². The van der Waals surface area contributed by atoms with Crippen molar-refractivity contribution in [1.82, 2.24) is 19.4 Å². The van der Waals surface area contributed by atoms with Gasteiger partial charge < -0.3 is 26.6 Å². The van der Waals surface area contributed by atoms with Crippen molar-refractivity contribution in [3.8, 4) is 0 Å². The highest BCUT2D eigenvalue weighted by atomic mass is 35.5. The van der Waals surface area contributed by atoms with Crippen molar-refractivity contribution in [3.63, 3.8) is 0 Å². The highest BCUT2D eigenvalue weighted by Gasteiger charge is 2.21. The maximum Gasteiger partial charge on any atom is 0.356 e. The van der Waals surface area contributed by atoms with Crippen molar-refractivity contribution >= 4 is 52.3 Å². The number of carbonyl (C=O) groups excluding carboxylic acids is 2. The Morgan fingerprint density at radius 1 is 1.22 bits per heavy atom. The smallest absolute Gasteiger partial charge is 0.356 e. The third kappa shape index (κ3) is 5.36. The number of nitrogens with one attached hydrogen (secondary N) is 2. The molecule has 0 atom stereocenters. The fourth-order valence-electron chi connectivity index (χ4n) is 3.02.